The summed E-state index contributed by atoms with van der Waals surface area (Å²) in [5, 5.41) is 12.3. The van der Waals surface area contributed by atoms with E-state index >= 15 is 0 Å². The minimum absolute atomic E-state index is 0.196. The lowest BCUT2D eigenvalue weighted by Gasteiger charge is -2.35. The van der Waals surface area contributed by atoms with Gasteiger partial charge in [-0.05, 0) is 122 Å². The van der Waals surface area contributed by atoms with Gasteiger partial charge in [-0.15, -0.1) is 0 Å². The molecule has 2 aliphatic rings. The number of nitrogens with zero attached hydrogens (tertiary/aromatic N) is 5. The summed E-state index contributed by atoms with van der Waals surface area (Å²) in [7, 11) is 0. The van der Waals surface area contributed by atoms with Crippen LogP contribution >= 0.6 is 0 Å². The van der Waals surface area contributed by atoms with Crippen molar-refractivity contribution in [1.29, 1.82) is 0 Å². The number of hydrogen-bond acceptors (Lipinski definition) is 9. The first-order chi connectivity index (χ1) is 24.4. The van der Waals surface area contributed by atoms with Crippen molar-refractivity contribution in [3.8, 4) is 0 Å². The molecule has 6 rings (SSSR count). The van der Waals surface area contributed by atoms with Crippen molar-refractivity contribution in [2.45, 2.75) is 91.6 Å². The number of amides is 1. The van der Waals surface area contributed by atoms with Crippen molar-refractivity contribution in [3.63, 3.8) is 0 Å². The van der Waals surface area contributed by atoms with Crippen LogP contribution in [0.4, 0.5) is 4.79 Å². The van der Waals surface area contributed by atoms with Crippen LogP contribution in [0.1, 0.15) is 118 Å². The first kappa shape index (κ1) is 37.8. The predicted octanol–water partition coefficient (Wildman–Crippen LogP) is 6.88. The van der Waals surface area contributed by atoms with Gasteiger partial charge in [-0.2, -0.15) is 10.2 Å². The average Bonchev–Trinajstić information content (AvgIpc) is 3.71. The van der Waals surface area contributed by atoms with Crippen LogP contribution in [0.3, 0.4) is 0 Å². The van der Waals surface area contributed by atoms with Gasteiger partial charge in [0.2, 0.25) is 0 Å². The second kappa shape index (κ2) is 16.7. The molecule has 1 N–H and O–H groups in total. The fraction of sp³-hybridized carbons (Fsp3) is 0.564. The number of ether oxygens (including phenoxy) is 3. The van der Waals surface area contributed by atoms with Crippen LogP contribution in [0.25, 0.3) is 11.0 Å². The zero-order chi connectivity index (χ0) is 36.7. The fourth-order valence-electron chi connectivity index (χ4n) is 7.26. The first-order valence-corrected chi connectivity index (χ1v) is 18.4. The Labute approximate surface area is 300 Å². The third kappa shape index (κ3) is 8.90. The maximum Gasteiger partial charge on any atom is 0.410 e. The number of likely N-dealkylation sites (tertiary alicyclic amines) is 1. The van der Waals surface area contributed by atoms with Crippen LogP contribution in [0, 0.1) is 11.8 Å². The molecule has 0 bridgehead atoms. The minimum Gasteiger partial charge on any atom is -0.462 e. The largest absolute Gasteiger partial charge is 0.462 e. The molecule has 2 atom stereocenters. The van der Waals surface area contributed by atoms with Gasteiger partial charge in [-0.25, -0.2) is 23.4 Å². The lowest BCUT2D eigenvalue weighted by Crippen LogP contribution is -2.42. The molecule has 12 heteroatoms. The minimum atomic E-state index is -0.485. The SMILES string of the molecule is CCOC(=O)c1cc(C(C)C2CCN(C(=O)OC(C)(C)C)CC2)n2ncccc12.CCOC(=O)c1cc(C(C)C2CCNCC2)n2ncccc12. The molecule has 0 aliphatic carbocycles. The highest BCUT2D eigenvalue weighted by Crippen LogP contribution is 2.35. The van der Waals surface area contributed by atoms with Crippen molar-refractivity contribution < 1.29 is 28.6 Å². The van der Waals surface area contributed by atoms with E-state index in [0.29, 0.717) is 55.2 Å². The molecular weight excluding hydrogens is 648 g/mol. The Morgan fingerprint density at radius 3 is 1.67 bits per heavy atom. The molecule has 2 aliphatic heterocycles. The Balaban J connectivity index is 0.000000205. The van der Waals surface area contributed by atoms with Crippen LogP contribution in [0.5, 0.6) is 0 Å². The second-order valence-electron chi connectivity index (χ2n) is 14.5. The summed E-state index contributed by atoms with van der Waals surface area (Å²) in [6, 6.07) is 11.4. The second-order valence-corrected chi connectivity index (χ2v) is 14.5. The van der Waals surface area contributed by atoms with Gasteiger partial charge in [0.05, 0.1) is 35.4 Å². The Morgan fingerprint density at radius 2 is 1.24 bits per heavy atom. The van der Waals surface area contributed by atoms with Crippen molar-refractivity contribution >= 4 is 29.1 Å². The van der Waals surface area contributed by atoms with Gasteiger partial charge >= 0.3 is 18.0 Å². The number of esters is 2. The van der Waals surface area contributed by atoms with E-state index in [0.717, 1.165) is 61.2 Å². The summed E-state index contributed by atoms with van der Waals surface area (Å²) in [4.78, 5) is 38.7. The van der Waals surface area contributed by atoms with Gasteiger partial charge in [0.1, 0.15) is 5.60 Å². The summed E-state index contributed by atoms with van der Waals surface area (Å²) in [5.41, 5.74) is 4.38. The molecule has 0 radical (unpaired) electrons. The molecule has 12 nitrogen and oxygen atoms in total. The molecule has 4 aromatic rings. The van der Waals surface area contributed by atoms with E-state index in [4.69, 9.17) is 14.2 Å². The van der Waals surface area contributed by atoms with Gasteiger partial charge in [-0.1, -0.05) is 13.8 Å². The molecular formula is C39H54N6O6. The summed E-state index contributed by atoms with van der Waals surface area (Å²) in [6.07, 6.45) is 7.34. The first-order valence-electron chi connectivity index (χ1n) is 18.4. The lowest BCUT2D eigenvalue weighted by molar-refractivity contribution is 0.0174. The number of fused-ring (bicyclic) bond motifs is 2. The van der Waals surface area contributed by atoms with Crippen LogP contribution in [-0.2, 0) is 14.2 Å². The third-order valence-corrected chi connectivity index (χ3v) is 10.0. The number of piperidine rings is 2. The fourth-order valence-corrected chi connectivity index (χ4v) is 7.26. The number of aromatic nitrogens is 4. The summed E-state index contributed by atoms with van der Waals surface area (Å²) in [5.74, 6) is 0.988. The van der Waals surface area contributed by atoms with Crippen molar-refractivity contribution in [1.82, 2.24) is 29.4 Å². The molecule has 6 heterocycles. The van der Waals surface area contributed by atoms with E-state index in [9.17, 15) is 14.4 Å². The zero-order valence-corrected chi connectivity index (χ0v) is 31.2. The van der Waals surface area contributed by atoms with Crippen LogP contribution in [-0.4, -0.2) is 87.2 Å². The van der Waals surface area contributed by atoms with E-state index in [1.807, 2.05) is 73.1 Å². The molecule has 0 aromatic carbocycles. The normalized spacial score (nSPS) is 17.0. The van der Waals surface area contributed by atoms with Crippen molar-refractivity contribution in [3.05, 3.63) is 71.3 Å². The van der Waals surface area contributed by atoms with Gasteiger partial charge < -0.3 is 24.4 Å². The molecule has 0 spiro atoms. The number of carbonyl (C=O) groups excluding carboxylic acids is 3. The van der Waals surface area contributed by atoms with Crippen molar-refractivity contribution in [2.75, 3.05) is 39.4 Å². The van der Waals surface area contributed by atoms with E-state index in [2.05, 4.69) is 29.4 Å². The quantitative estimate of drug-likeness (QED) is 0.154. The van der Waals surface area contributed by atoms with E-state index in [1.54, 1.807) is 24.2 Å². The molecule has 0 saturated carbocycles. The molecule has 2 fully saturated rings. The molecule has 2 saturated heterocycles. The average molecular weight is 703 g/mol. The lowest BCUT2D eigenvalue weighted by atomic mass is 9.83. The number of hydrogen-bond donors (Lipinski definition) is 1. The summed E-state index contributed by atoms with van der Waals surface area (Å²) >= 11 is 0. The standard InChI is InChI=1S/C22H31N3O4.C17H23N3O2/c1-6-28-20(26)17-14-19(25-18(17)8-7-11-23-25)15(2)16-9-12-24(13-10-16)21(27)29-22(3,4)5;1-3-22-17(21)14-11-16(20-15(14)5-4-8-19-20)12(2)13-6-9-18-10-7-13/h7-8,11,14-16H,6,9-10,12-13H2,1-5H3;4-5,8,11-13,18H,3,6-7,9-10H2,1-2H3. The van der Waals surface area contributed by atoms with E-state index in [1.165, 1.54) is 0 Å². The van der Waals surface area contributed by atoms with Crippen molar-refractivity contribution in [2.24, 2.45) is 11.8 Å². The summed E-state index contributed by atoms with van der Waals surface area (Å²) < 4.78 is 19.6. The molecule has 51 heavy (non-hydrogen) atoms. The van der Waals surface area contributed by atoms with Gasteiger partial charge in [0.25, 0.3) is 0 Å². The van der Waals surface area contributed by atoms with E-state index < -0.39 is 5.60 Å². The predicted molar refractivity (Wildman–Crippen MR) is 195 cm³/mol. The number of rotatable bonds is 8. The Morgan fingerprint density at radius 1 is 0.784 bits per heavy atom. The Bertz CT molecular complexity index is 1790. The Hall–Kier alpha value is -4.45. The summed E-state index contributed by atoms with van der Waals surface area (Å²) in [6.45, 7) is 17.9. The van der Waals surface area contributed by atoms with Crippen LogP contribution in [0.15, 0.2) is 48.8 Å². The molecule has 4 aromatic heterocycles. The molecule has 2 unspecified atom stereocenters. The maximum atomic E-state index is 12.4. The number of nitrogens with one attached hydrogen (secondary N) is 1. The third-order valence-electron chi connectivity index (χ3n) is 10.0. The number of carbonyl (C=O) groups is 3. The van der Waals surface area contributed by atoms with Gasteiger partial charge in [-0.3, -0.25) is 0 Å². The molecule has 1 amide bonds. The van der Waals surface area contributed by atoms with Gasteiger partial charge in [0.15, 0.2) is 0 Å². The highest BCUT2D eigenvalue weighted by Gasteiger charge is 2.32. The van der Waals surface area contributed by atoms with Gasteiger partial charge in [0, 0.05) is 48.7 Å². The smallest absolute Gasteiger partial charge is 0.410 e. The monoisotopic (exact) mass is 702 g/mol. The maximum absolute atomic E-state index is 12.4. The molecule has 276 valence electrons. The van der Waals surface area contributed by atoms with Crippen LogP contribution < -0.4 is 5.32 Å². The highest BCUT2D eigenvalue weighted by molar-refractivity contribution is 5.98. The zero-order valence-electron chi connectivity index (χ0n) is 31.2. The Kier molecular flexibility index (Phi) is 12.4. The topological polar surface area (TPSA) is 129 Å². The van der Waals surface area contributed by atoms with Crippen LogP contribution in [0.2, 0.25) is 0 Å². The highest BCUT2D eigenvalue weighted by atomic mass is 16.6. The van der Waals surface area contributed by atoms with E-state index in [-0.39, 0.29) is 23.9 Å².